The van der Waals surface area contributed by atoms with E-state index in [0.717, 1.165) is 12.8 Å². The summed E-state index contributed by atoms with van der Waals surface area (Å²) < 4.78 is 53.2. The highest BCUT2D eigenvalue weighted by Crippen LogP contribution is 2.49. The molecule has 2 aromatic heterocycles. The third-order valence-electron chi connectivity index (χ3n) is 7.24. The summed E-state index contributed by atoms with van der Waals surface area (Å²) in [6, 6.07) is 13.3. The number of rotatable bonds is 13. The minimum Gasteiger partial charge on any atom is -0.464 e. The standard InChI is InChI=1S/C28H35FN5O7P/c1-4-19(5-2)15-38-27(36)18(3)33-42(37,41-20-9-7-6-8-10-20)39-17-28(16-30)26(35)24(29)25(40-28)23-12-11-22-21(31)13-14-32-34(22)23/h6-14,18-19,24-26,35H,4-5,15,17,31H2,1-3H3,(H,33,37)/t18-,24-,25-,26-,28+,42?/m0/s1. The first-order valence-corrected chi connectivity index (χ1v) is 15.2. The minimum absolute atomic E-state index is 0.134. The summed E-state index contributed by atoms with van der Waals surface area (Å²) in [5.74, 6) is -0.382. The maximum atomic E-state index is 15.5. The number of halogens is 1. The smallest absolute Gasteiger partial charge is 0.459 e. The van der Waals surface area contributed by atoms with E-state index in [1.165, 1.54) is 35.8 Å². The molecule has 3 aromatic rings. The Kier molecular flexibility index (Phi) is 9.86. The van der Waals surface area contributed by atoms with Gasteiger partial charge in [-0.3, -0.25) is 9.32 Å². The van der Waals surface area contributed by atoms with Crippen LogP contribution < -0.4 is 15.3 Å². The number of aliphatic hydroxyl groups is 1. The van der Waals surface area contributed by atoms with Gasteiger partial charge in [-0.25, -0.2) is 13.5 Å². The molecule has 3 heterocycles. The Morgan fingerprint density at radius 1 is 1.29 bits per heavy atom. The molecule has 0 bridgehead atoms. The average Bonchev–Trinajstić information content (AvgIpc) is 3.52. The third-order valence-corrected chi connectivity index (χ3v) is 8.87. The molecule has 1 fully saturated rings. The minimum atomic E-state index is -4.44. The van der Waals surface area contributed by atoms with E-state index in [0.29, 0.717) is 11.2 Å². The summed E-state index contributed by atoms with van der Waals surface area (Å²) in [5, 5.41) is 27.6. The van der Waals surface area contributed by atoms with Crippen molar-refractivity contribution in [2.45, 2.75) is 63.6 Å². The number of hydrogen-bond acceptors (Lipinski definition) is 10. The predicted molar refractivity (Wildman–Crippen MR) is 151 cm³/mol. The lowest BCUT2D eigenvalue weighted by molar-refractivity contribution is -0.146. The molecule has 1 aromatic carbocycles. The Bertz CT molecular complexity index is 1460. The molecule has 1 saturated heterocycles. The summed E-state index contributed by atoms with van der Waals surface area (Å²) in [6.07, 6.45) is -2.43. The van der Waals surface area contributed by atoms with Crippen LogP contribution in [0.15, 0.2) is 54.7 Å². The van der Waals surface area contributed by atoms with Gasteiger partial charge < -0.3 is 24.8 Å². The van der Waals surface area contributed by atoms with Crippen molar-refractivity contribution in [3.8, 4) is 11.8 Å². The summed E-state index contributed by atoms with van der Waals surface area (Å²) in [4.78, 5) is 12.7. The van der Waals surface area contributed by atoms with Crippen molar-refractivity contribution < 1.29 is 37.4 Å². The van der Waals surface area contributed by atoms with Crippen molar-refractivity contribution in [1.82, 2.24) is 14.7 Å². The van der Waals surface area contributed by atoms with Crippen LogP contribution in [0.1, 0.15) is 45.4 Å². The van der Waals surface area contributed by atoms with Crippen molar-refractivity contribution in [3.05, 3.63) is 60.4 Å². The van der Waals surface area contributed by atoms with Crippen LogP contribution in [-0.2, 0) is 23.4 Å². The lowest BCUT2D eigenvalue weighted by Gasteiger charge is -2.28. The lowest BCUT2D eigenvalue weighted by atomic mass is 9.97. The first-order valence-electron chi connectivity index (χ1n) is 13.6. The zero-order chi connectivity index (χ0) is 30.5. The second kappa shape index (κ2) is 13.2. The van der Waals surface area contributed by atoms with E-state index >= 15 is 4.39 Å². The maximum Gasteiger partial charge on any atom is 0.459 e. The second-order valence-corrected chi connectivity index (χ2v) is 11.8. The highest BCUT2D eigenvalue weighted by atomic mass is 31.2. The van der Waals surface area contributed by atoms with Gasteiger partial charge in [-0.05, 0) is 43.2 Å². The monoisotopic (exact) mass is 603 g/mol. The van der Waals surface area contributed by atoms with Gasteiger partial charge in [0.05, 0.1) is 23.5 Å². The summed E-state index contributed by atoms with van der Waals surface area (Å²) in [7, 11) is -4.44. The molecular formula is C28H35FN5O7P. The number of carbonyl (C=O) groups excluding carboxylic acids is 1. The number of ether oxygens (including phenoxy) is 2. The molecule has 0 amide bonds. The van der Waals surface area contributed by atoms with Gasteiger partial charge in [-0.1, -0.05) is 44.9 Å². The molecule has 226 valence electrons. The molecule has 0 radical (unpaired) electrons. The van der Waals surface area contributed by atoms with E-state index < -0.39 is 50.3 Å². The fraction of sp³-hybridized carbons (Fsp3) is 0.464. The number of esters is 1. The Hall–Kier alpha value is -3.53. The highest BCUT2D eigenvalue weighted by molar-refractivity contribution is 7.52. The molecule has 4 N–H and O–H groups in total. The van der Waals surface area contributed by atoms with Crippen LogP contribution in [0, 0.1) is 17.2 Å². The van der Waals surface area contributed by atoms with Crippen molar-refractivity contribution in [3.63, 3.8) is 0 Å². The number of nitrogens with one attached hydrogen (secondary N) is 1. The van der Waals surface area contributed by atoms with E-state index in [1.807, 2.05) is 13.8 Å². The molecule has 0 aliphatic carbocycles. The molecule has 1 aliphatic rings. The number of benzene rings is 1. The number of aromatic nitrogens is 2. The van der Waals surface area contributed by atoms with Crippen LogP contribution in [0.5, 0.6) is 5.75 Å². The van der Waals surface area contributed by atoms with Crippen molar-refractivity contribution in [1.29, 1.82) is 5.26 Å². The summed E-state index contributed by atoms with van der Waals surface area (Å²) in [5.41, 5.74) is 4.77. The molecular weight excluding hydrogens is 568 g/mol. The number of nitrogens with zero attached hydrogens (tertiary/aromatic N) is 3. The van der Waals surface area contributed by atoms with Gasteiger partial charge in [-0.15, -0.1) is 0 Å². The van der Waals surface area contributed by atoms with Crippen molar-refractivity contribution in [2.75, 3.05) is 18.9 Å². The zero-order valence-electron chi connectivity index (χ0n) is 23.6. The number of hydrogen-bond donors (Lipinski definition) is 3. The van der Waals surface area contributed by atoms with Crippen molar-refractivity contribution in [2.24, 2.45) is 5.92 Å². The SMILES string of the molecule is CCC(CC)COC(=O)[C@H](C)NP(=O)(OC[C@@]1(C#N)O[C@@H](c2ccc3c(N)ccnn23)[C@H](F)[C@@H]1O)Oc1ccccc1. The van der Waals surface area contributed by atoms with Gasteiger partial charge in [-0.2, -0.15) is 15.4 Å². The fourth-order valence-corrected chi connectivity index (χ4v) is 6.08. The third kappa shape index (κ3) is 6.59. The van der Waals surface area contributed by atoms with Crippen LogP contribution >= 0.6 is 7.75 Å². The quantitative estimate of drug-likeness (QED) is 0.190. The Balaban J connectivity index is 1.55. The van der Waals surface area contributed by atoms with E-state index in [2.05, 4.69) is 10.2 Å². The second-order valence-electron chi connectivity index (χ2n) is 10.1. The van der Waals surface area contributed by atoms with Crippen LogP contribution in [0.3, 0.4) is 0 Å². The molecule has 1 unspecified atom stereocenters. The van der Waals surface area contributed by atoms with E-state index in [4.69, 9.17) is 24.3 Å². The van der Waals surface area contributed by atoms with E-state index in [1.54, 1.807) is 36.4 Å². The molecule has 1 aliphatic heterocycles. The number of anilines is 1. The van der Waals surface area contributed by atoms with E-state index in [9.17, 15) is 19.7 Å². The van der Waals surface area contributed by atoms with Gasteiger partial charge >= 0.3 is 13.7 Å². The Morgan fingerprint density at radius 3 is 2.67 bits per heavy atom. The predicted octanol–water partition coefficient (Wildman–Crippen LogP) is 4.11. The number of alkyl halides is 1. The zero-order valence-corrected chi connectivity index (χ0v) is 24.4. The first kappa shape index (κ1) is 31.4. The van der Waals surface area contributed by atoms with Gasteiger partial charge in [0.15, 0.2) is 6.17 Å². The Labute approximate surface area is 243 Å². The fourth-order valence-electron chi connectivity index (χ4n) is 4.55. The number of nitriles is 1. The molecule has 4 rings (SSSR count). The summed E-state index contributed by atoms with van der Waals surface area (Å²) >= 11 is 0. The van der Waals surface area contributed by atoms with Gasteiger partial charge in [0, 0.05) is 6.20 Å². The van der Waals surface area contributed by atoms with Crippen LogP contribution in [-0.4, -0.2) is 57.8 Å². The molecule has 42 heavy (non-hydrogen) atoms. The van der Waals surface area contributed by atoms with E-state index in [-0.39, 0.29) is 24.0 Å². The number of nitrogen functional groups attached to an aromatic ring is 1. The number of fused-ring (bicyclic) bond motifs is 1. The van der Waals surface area contributed by atoms with Gasteiger partial charge in [0.1, 0.15) is 36.7 Å². The van der Waals surface area contributed by atoms with Gasteiger partial charge in [0.2, 0.25) is 5.60 Å². The van der Waals surface area contributed by atoms with Crippen LogP contribution in [0.25, 0.3) is 5.52 Å². The average molecular weight is 604 g/mol. The maximum absolute atomic E-state index is 15.5. The topological polar surface area (TPSA) is 170 Å². The lowest BCUT2D eigenvalue weighted by Crippen LogP contribution is -2.45. The normalized spacial score (nSPS) is 24.3. The number of aliphatic hydroxyl groups excluding tert-OH is 1. The number of para-hydroxylation sites is 1. The number of carbonyl (C=O) groups is 1. The first-order chi connectivity index (χ1) is 20.1. The van der Waals surface area contributed by atoms with Gasteiger partial charge in [0.25, 0.3) is 0 Å². The highest BCUT2D eigenvalue weighted by Gasteiger charge is 2.58. The molecule has 0 saturated carbocycles. The molecule has 0 spiro atoms. The molecule has 14 heteroatoms. The molecule has 12 nitrogen and oxygen atoms in total. The van der Waals surface area contributed by atoms with Crippen molar-refractivity contribution >= 4 is 24.9 Å². The Morgan fingerprint density at radius 2 is 2.00 bits per heavy atom. The number of nitrogens with two attached hydrogens (primary N) is 1. The largest absolute Gasteiger partial charge is 0.464 e. The summed E-state index contributed by atoms with van der Waals surface area (Å²) in [6.45, 7) is 4.72. The van der Waals surface area contributed by atoms with Crippen LogP contribution in [0.2, 0.25) is 0 Å². The van der Waals surface area contributed by atoms with Crippen LogP contribution in [0.4, 0.5) is 10.1 Å². The molecule has 6 atom stereocenters.